The van der Waals surface area contributed by atoms with Crippen molar-refractivity contribution >= 4 is 0 Å². The third-order valence-corrected chi connectivity index (χ3v) is 7.50. The van der Waals surface area contributed by atoms with E-state index in [1.54, 1.807) is 19.8 Å². The van der Waals surface area contributed by atoms with Gasteiger partial charge in [-0.15, -0.1) is 0 Å². The number of ether oxygens (including phenoxy) is 2. The predicted molar refractivity (Wildman–Crippen MR) is 105 cm³/mol. The van der Waals surface area contributed by atoms with Gasteiger partial charge in [-0.2, -0.15) is 0 Å². The van der Waals surface area contributed by atoms with E-state index in [0.29, 0.717) is 5.41 Å². The number of methoxy groups -OCH3 is 2. The molecule has 0 aromatic rings. The van der Waals surface area contributed by atoms with Crippen LogP contribution in [0.3, 0.4) is 0 Å². The lowest BCUT2D eigenvalue weighted by Crippen LogP contribution is -2.33. The van der Waals surface area contributed by atoms with Gasteiger partial charge in [-0.25, -0.2) is 0 Å². The first-order valence-corrected chi connectivity index (χ1v) is 10.2. The van der Waals surface area contributed by atoms with Crippen LogP contribution in [0.4, 0.5) is 0 Å². The lowest BCUT2D eigenvalue weighted by molar-refractivity contribution is 0.0277. The molecule has 3 rings (SSSR count). The van der Waals surface area contributed by atoms with Gasteiger partial charge in [-0.3, -0.25) is 0 Å². The van der Waals surface area contributed by atoms with E-state index in [-0.39, 0.29) is 12.2 Å². The van der Waals surface area contributed by atoms with Crippen LogP contribution < -0.4 is 0 Å². The molecular formula is C23H36O2. The average Bonchev–Trinajstić information content (AvgIpc) is 2.97. The van der Waals surface area contributed by atoms with Gasteiger partial charge in [-0.1, -0.05) is 44.6 Å². The summed E-state index contributed by atoms with van der Waals surface area (Å²) in [6.07, 6.45) is 15.1. The van der Waals surface area contributed by atoms with Crippen molar-refractivity contribution in [3.63, 3.8) is 0 Å². The predicted octanol–water partition coefficient (Wildman–Crippen LogP) is 5.85. The molecule has 3 aliphatic carbocycles. The normalized spacial score (nSPS) is 42.2. The van der Waals surface area contributed by atoms with Crippen molar-refractivity contribution in [1.29, 1.82) is 0 Å². The second kappa shape index (κ2) is 7.80. The highest BCUT2D eigenvalue weighted by atomic mass is 16.5. The first kappa shape index (κ1) is 18.9. The van der Waals surface area contributed by atoms with Gasteiger partial charge in [0.2, 0.25) is 0 Å². The summed E-state index contributed by atoms with van der Waals surface area (Å²) in [5, 5.41) is 0. The molecule has 0 saturated heterocycles. The largest absolute Gasteiger partial charge is 0.381 e. The molecule has 3 saturated carbocycles. The van der Waals surface area contributed by atoms with Gasteiger partial charge in [0.05, 0.1) is 12.2 Å². The zero-order valence-corrected chi connectivity index (χ0v) is 16.6. The number of hydrogen-bond acceptors (Lipinski definition) is 2. The first-order chi connectivity index (χ1) is 12.0. The molecule has 0 bridgehead atoms. The average molecular weight is 345 g/mol. The Morgan fingerprint density at radius 2 is 2.00 bits per heavy atom. The van der Waals surface area contributed by atoms with Crippen LogP contribution in [0.2, 0.25) is 0 Å². The summed E-state index contributed by atoms with van der Waals surface area (Å²) < 4.78 is 11.3. The van der Waals surface area contributed by atoms with Crippen LogP contribution in [0.15, 0.2) is 35.5 Å². The molecule has 3 fully saturated rings. The van der Waals surface area contributed by atoms with Crippen LogP contribution in [-0.4, -0.2) is 26.4 Å². The van der Waals surface area contributed by atoms with E-state index in [1.165, 1.54) is 44.1 Å². The Labute approximate surface area is 154 Å². The minimum atomic E-state index is 0.0934. The van der Waals surface area contributed by atoms with Gasteiger partial charge < -0.3 is 9.47 Å². The number of fused-ring (bicyclic) bond motifs is 1. The Kier molecular flexibility index (Phi) is 5.90. The second-order valence-electron chi connectivity index (χ2n) is 8.58. The fourth-order valence-electron chi connectivity index (χ4n) is 5.86. The molecular weight excluding hydrogens is 308 g/mol. The van der Waals surface area contributed by atoms with Crippen molar-refractivity contribution in [1.82, 2.24) is 0 Å². The molecule has 0 N–H and O–H groups in total. The van der Waals surface area contributed by atoms with Crippen LogP contribution in [0.5, 0.6) is 0 Å². The van der Waals surface area contributed by atoms with Crippen molar-refractivity contribution < 1.29 is 9.47 Å². The fraction of sp³-hybridized carbons (Fsp3) is 0.739. The monoisotopic (exact) mass is 344 g/mol. The summed E-state index contributed by atoms with van der Waals surface area (Å²) in [5.74, 6) is 1.70. The van der Waals surface area contributed by atoms with Gasteiger partial charge in [0, 0.05) is 20.6 Å². The summed E-state index contributed by atoms with van der Waals surface area (Å²) in [7, 11) is 3.58. The van der Waals surface area contributed by atoms with Crippen LogP contribution in [0.1, 0.15) is 65.2 Å². The Hall–Kier alpha value is -0.860. The van der Waals surface area contributed by atoms with E-state index in [2.05, 4.69) is 32.6 Å². The van der Waals surface area contributed by atoms with E-state index in [9.17, 15) is 0 Å². The fourth-order valence-corrected chi connectivity index (χ4v) is 5.86. The van der Waals surface area contributed by atoms with Crippen LogP contribution in [0.25, 0.3) is 0 Å². The van der Waals surface area contributed by atoms with Gasteiger partial charge in [-0.05, 0) is 66.9 Å². The number of allylic oxidation sites excluding steroid dienone is 3. The second-order valence-corrected chi connectivity index (χ2v) is 8.58. The van der Waals surface area contributed by atoms with Crippen molar-refractivity contribution in [2.75, 3.05) is 14.2 Å². The smallest absolute Gasteiger partial charge is 0.0842 e. The summed E-state index contributed by atoms with van der Waals surface area (Å²) in [5.41, 5.74) is 4.67. The zero-order valence-electron chi connectivity index (χ0n) is 16.6. The lowest BCUT2D eigenvalue weighted by atomic mass is 9.63. The standard InChI is InChI=1S/C23H36O2/c1-6-19-11-12-21-17(8-7-13-23(19,21)3)9-10-18-14-20(24-4)15-22(25-5)16(18)2/h9-10,19-22H,2,6-8,11-15H2,1,3-5H3/b17-9+,18-10+/t19?,20?,21?,22?,23-/m1/s1. The Morgan fingerprint density at radius 1 is 1.20 bits per heavy atom. The molecule has 140 valence electrons. The van der Waals surface area contributed by atoms with Crippen molar-refractivity contribution in [2.45, 2.75) is 77.4 Å². The van der Waals surface area contributed by atoms with Crippen LogP contribution >= 0.6 is 0 Å². The molecule has 0 radical (unpaired) electrons. The summed E-state index contributed by atoms with van der Waals surface area (Å²) in [6, 6.07) is 0. The maximum absolute atomic E-state index is 5.63. The van der Waals surface area contributed by atoms with Gasteiger partial charge in [0.25, 0.3) is 0 Å². The maximum Gasteiger partial charge on any atom is 0.0842 e. The summed E-state index contributed by atoms with van der Waals surface area (Å²) in [6.45, 7) is 9.24. The lowest BCUT2D eigenvalue weighted by Gasteiger charge is -2.42. The van der Waals surface area contributed by atoms with E-state index in [4.69, 9.17) is 9.47 Å². The SMILES string of the molecule is C=C1/C(=C/C=C2\CCC[C@]3(C)C(CC)CCC23)CC(OC)CC1OC. The molecule has 0 aromatic carbocycles. The molecule has 3 aliphatic rings. The van der Waals surface area contributed by atoms with E-state index >= 15 is 0 Å². The highest BCUT2D eigenvalue weighted by Crippen LogP contribution is 2.58. The van der Waals surface area contributed by atoms with Crippen LogP contribution in [-0.2, 0) is 9.47 Å². The molecule has 0 heterocycles. The number of rotatable bonds is 4. The summed E-state index contributed by atoms with van der Waals surface area (Å²) in [4.78, 5) is 0. The molecule has 2 nitrogen and oxygen atoms in total. The van der Waals surface area contributed by atoms with E-state index in [0.717, 1.165) is 30.3 Å². The summed E-state index contributed by atoms with van der Waals surface area (Å²) >= 11 is 0. The Bertz CT molecular complexity index is 558. The van der Waals surface area contributed by atoms with Gasteiger partial charge in [0.1, 0.15) is 0 Å². The molecule has 5 atom stereocenters. The van der Waals surface area contributed by atoms with Crippen molar-refractivity contribution in [2.24, 2.45) is 17.3 Å². The van der Waals surface area contributed by atoms with Gasteiger partial charge in [0.15, 0.2) is 0 Å². The topological polar surface area (TPSA) is 18.5 Å². The van der Waals surface area contributed by atoms with Gasteiger partial charge >= 0.3 is 0 Å². The minimum Gasteiger partial charge on any atom is -0.381 e. The molecule has 25 heavy (non-hydrogen) atoms. The molecule has 0 spiro atoms. The quantitative estimate of drug-likeness (QED) is 0.637. The van der Waals surface area contributed by atoms with Crippen molar-refractivity contribution in [3.8, 4) is 0 Å². The maximum atomic E-state index is 5.63. The van der Waals surface area contributed by atoms with E-state index in [1.807, 2.05) is 0 Å². The highest BCUT2D eigenvalue weighted by molar-refractivity contribution is 5.39. The Balaban J connectivity index is 1.82. The minimum absolute atomic E-state index is 0.0934. The molecule has 0 aromatic heterocycles. The van der Waals surface area contributed by atoms with E-state index < -0.39 is 0 Å². The molecule has 4 unspecified atom stereocenters. The Morgan fingerprint density at radius 3 is 2.68 bits per heavy atom. The third kappa shape index (κ3) is 3.53. The van der Waals surface area contributed by atoms with Crippen LogP contribution in [0, 0.1) is 17.3 Å². The highest BCUT2D eigenvalue weighted by Gasteiger charge is 2.48. The first-order valence-electron chi connectivity index (χ1n) is 10.2. The van der Waals surface area contributed by atoms with Crippen molar-refractivity contribution in [3.05, 3.63) is 35.5 Å². The molecule has 0 aliphatic heterocycles. The molecule has 2 heteroatoms. The number of hydrogen-bond donors (Lipinski definition) is 0. The molecule has 0 amide bonds. The zero-order chi connectivity index (χ0) is 18.0. The third-order valence-electron chi connectivity index (χ3n) is 7.50.